The molecule has 5 nitrogen and oxygen atoms in total. The lowest BCUT2D eigenvalue weighted by Crippen LogP contribution is -2.33. The Morgan fingerprint density at radius 3 is 2.65 bits per heavy atom. The summed E-state index contributed by atoms with van der Waals surface area (Å²) in [6, 6.07) is 7.37. The first-order chi connectivity index (χ1) is 12.4. The number of rotatable bonds is 5. The summed E-state index contributed by atoms with van der Waals surface area (Å²) in [4.78, 5) is 16.5. The molecule has 1 aromatic heterocycles. The molecule has 1 aromatic carbocycles. The van der Waals surface area contributed by atoms with Crippen LogP contribution in [-0.4, -0.2) is 35.1 Å². The van der Waals surface area contributed by atoms with Crippen molar-refractivity contribution in [1.82, 2.24) is 9.29 Å². The minimum atomic E-state index is -3.91. The number of benzene rings is 1. The summed E-state index contributed by atoms with van der Waals surface area (Å²) in [5.41, 5.74) is 1.04. The topological polar surface area (TPSA) is 67.3 Å². The Morgan fingerprint density at radius 1 is 1.31 bits per heavy atom. The van der Waals surface area contributed by atoms with Gasteiger partial charge in [-0.2, -0.15) is 4.31 Å². The van der Waals surface area contributed by atoms with Crippen LogP contribution in [0.4, 0.5) is 4.39 Å². The van der Waals surface area contributed by atoms with Gasteiger partial charge >= 0.3 is 0 Å². The molecule has 0 fully saturated rings. The molecular weight excluding hydrogens is 375 g/mol. The summed E-state index contributed by atoms with van der Waals surface area (Å²) < 4.78 is 40.6. The summed E-state index contributed by atoms with van der Waals surface area (Å²) in [7, 11) is -3.91. The van der Waals surface area contributed by atoms with E-state index in [2.05, 4.69) is 4.98 Å². The summed E-state index contributed by atoms with van der Waals surface area (Å²) in [5.74, 6) is 0.0863. The van der Waals surface area contributed by atoms with E-state index in [-0.39, 0.29) is 16.6 Å². The van der Waals surface area contributed by atoms with Crippen molar-refractivity contribution in [1.29, 1.82) is 0 Å². The lowest BCUT2D eigenvalue weighted by molar-refractivity contribution is -0.108. The predicted molar refractivity (Wildman–Crippen MR) is 98.5 cm³/mol. The maximum absolute atomic E-state index is 13.2. The van der Waals surface area contributed by atoms with E-state index in [0.717, 1.165) is 23.9 Å². The minimum Gasteiger partial charge on any atom is -0.282 e. The van der Waals surface area contributed by atoms with E-state index in [4.69, 9.17) is 0 Å². The van der Waals surface area contributed by atoms with Crippen LogP contribution in [0.3, 0.4) is 0 Å². The maximum atomic E-state index is 13.2. The third kappa shape index (κ3) is 3.58. The number of nitrogens with zero attached hydrogens (tertiary/aromatic N) is 2. The second-order valence-electron chi connectivity index (χ2n) is 5.60. The lowest BCUT2D eigenvalue weighted by atomic mass is 10.0. The molecule has 1 aliphatic rings. The van der Waals surface area contributed by atoms with Crippen LogP contribution in [0.1, 0.15) is 18.5 Å². The van der Waals surface area contributed by atoms with Gasteiger partial charge in [0.05, 0.1) is 10.9 Å². The summed E-state index contributed by atoms with van der Waals surface area (Å²) in [6.07, 6.45) is 4.79. The van der Waals surface area contributed by atoms with Gasteiger partial charge in [-0.3, -0.25) is 9.78 Å². The van der Waals surface area contributed by atoms with Gasteiger partial charge in [0.15, 0.2) is 0 Å². The fourth-order valence-corrected chi connectivity index (χ4v) is 4.99. The average molecular weight is 392 g/mol. The number of carbonyl (C=O) groups excluding carboxylic acids is 1. The van der Waals surface area contributed by atoms with Crippen molar-refractivity contribution < 1.29 is 17.6 Å². The van der Waals surface area contributed by atoms with Crippen LogP contribution in [0.2, 0.25) is 0 Å². The standard InChI is InChI=1S/C18H17FN2O3S2/c1-2-25-18(22)16-9-11-21(17(16)13-4-3-10-20-12-13)26(23,24)15-7-5-14(19)6-8-15/h3-10,12,17H,2,11H2,1H3. The van der Waals surface area contributed by atoms with Gasteiger partial charge in [0.1, 0.15) is 5.82 Å². The molecule has 0 aliphatic carbocycles. The zero-order chi connectivity index (χ0) is 18.7. The van der Waals surface area contributed by atoms with Gasteiger partial charge in [0, 0.05) is 24.5 Å². The van der Waals surface area contributed by atoms with Gasteiger partial charge in [-0.25, -0.2) is 12.8 Å². The third-order valence-electron chi connectivity index (χ3n) is 4.01. The molecule has 0 saturated heterocycles. The molecule has 0 bridgehead atoms. The molecule has 8 heteroatoms. The molecule has 0 spiro atoms. The summed E-state index contributed by atoms with van der Waals surface area (Å²) in [6.45, 7) is 1.94. The van der Waals surface area contributed by atoms with Crippen LogP contribution < -0.4 is 0 Å². The van der Waals surface area contributed by atoms with Crippen molar-refractivity contribution >= 4 is 26.9 Å². The molecule has 26 heavy (non-hydrogen) atoms. The fourth-order valence-electron chi connectivity index (χ4n) is 2.83. The highest BCUT2D eigenvalue weighted by Gasteiger charge is 2.40. The average Bonchev–Trinajstić information content (AvgIpc) is 3.09. The summed E-state index contributed by atoms with van der Waals surface area (Å²) >= 11 is 1.14. The quantitative estimate of drug-likeness (QED) is 0.782. The Bertz CT molecular complexity index is 929. The van der Waals surface area contributed by atoms with Crippen molar-refractivity contribution in [2.75, 3.05) is 12.3 Å². The number of pyridine rings is 1. The third-order valence-corrected chi connectivity index (χ3v) is 6.64. The normalized spacial score (nSPS) is 17.9. The van der Waals surface area contributed by atoms with Gasteiger partial charge in [0.25, 0.3) is 0 Å². The van der Waals surface area contributed by atoms with Crippen LogP contribution in [0, 0.1) is 5.82 Å². The molecule has 2 aromatic rings. The minimum absolute atomic E-state index is 0.0157. The van der Waals surface area contributed by atoms with Crippen molar-refractivity contribution in [3.05, 3.63) is 71.8 Å². The Labute approximate surface area is 156 Å². The van der Waals surface area contributed by atoms with E-state index < -0.39 is 21.9 Å². The first kappa shape index (κ1) is 18.8. The largest absolute Gasteiger partial charge is 0.282 e. The van der Waals surface area contributed by atoms with Gasteiger partial charge < -0.3 is 0 Å². The van der Waals surface area contributed by atoms with E-state index in [1.54, 1.807) is 30.6 Å². The lowest BCUT2D eigenvalue weighted by Gasteiger charge is -2.26. The van der Waals surface area contributed by atoms with E-state index in [1.165, 1.54) is 16.4 Å². The van der Waals surface area contributed by atoms with Crippen LogP contribution in [0.5, 0.6) is 0 Å². The van der Waals surface area contributed by atoms with Crippen LogP contribution in [0.25, 0.3) is 0 Å². The molecule has 0 saturated carbocycles. The molecule has 0 N–H and O–H groups in total. The van der Waals surface area contributed by atoms with Crippen molar-refractivity contribution in [3.63, 3.8) is 0 Å². The van der Waals surface area contributed by atoms with Crippen LogP contribution in [0.15, 0.2) is 65.3 Å². The van der Waals surface area contributed by atoms with Crippen LogP contribution >= 0.6 is 11.8 Å². The summed E-state index contributed by atoms with van der Waals surface area (Å²) in [5, 5.41) is -0.154. The molecule has 136 valence electrons. The molecule has 0 amide bonds. The SMILES string of the molecule is CCSC(=O)C1=CCN(S(=O)(=O)c2ccc(F)cc2)C1c1cccnc1. The fraction of sp³-hybridized carbons (Fsp3) is 0.222. The maximum Gasteiger partial charge on any atom is 0.244 e. The number of hydrogen-bond acceptors (Lipinski definition) is 5. The Kier molecular flexibility index (Phi) is 5.55. The highest BCUT2D eigenvalue weighted by Crippen LogP contribution is 2.39. The second kappa shape index (κ2) is 7.69. The van der Waals surface area contributed by atoms with Crippen molar-refractivity contribution in [2.24, 2.45) is 0 Å². The number of hydrogen-bond donors (Lipinski definition) is 0. The van der Waals surface area contributed by atoms with E-state index >= 15 is 0 Å². The van der Waals surface area contributed by atoms with Crippen molar-refractivity contribution in [3.8, 4) is 0 Å². The molecule has 0 radical (unpaired) electrons. The van der Waals surface area contributed by atoms with Crippen molar-refractivity contribution in [2.45, 2.75) is 17.9 Å². The van der Waals surface area contributed by atoms with E-state index in [0.29, 0.717) is 16.9 Å². The Morgan fingerprint density at radius 2 is 2.04 bits per heavy atom. The zero-order valence-electron chi connectivity index (χ0n) is 14.0. The molecule has 1 unspecified atom stereocenters. The van der Waals surface area contributed by atoms with Gasteiger partial charge in [0.2, 0.25) is 15.1 Å². The number of halogens is 1. The smallest absolute Gasteiger partial charge is 0.244 e. The van der Waals surface area contributed by atoms with Crippen LogP contribution in [-0.2, 0) is 14.8 Å². The Balaban J connectivity index is 2.03. The van der Waals surface area contributed by atoms with E-state index in [1.807, 2.05) is 6.92 Å². The number of sulfonamides is 1. The van der Waals surface area contributed by atoms with Gasteiger partial charge in [-0.05, 0) is 41.6 Å². The second-order valence-corrected chi connectivity index (χ2v) is 8.72. The first-order valence-corrected chi connectivity index (χ1v) is 10.4. The monoisotopic (exact) mass is 392 g/mol. The number of aromatic nitrogens is 1. The van der Waals surface area contributed by atoms with Gasteiger partial charge in [-0.15, -0.1) is 0 Å². The predicted octanol–water partition coefficient (Wildman–Crippen LogP) is 3.17. The Hall–Kier alpha value is -2.03. The molecular formula is C18H17FN2O3S2. The molecule has 1 atom stereocenters. The highest BCUT2D eigenvalue weighted by atomic mass is 32.2. The molecule has 2 heterocycles. The van der Waals surface area contributed by atoms with E-state index in [9.17, 15) is 17.6 Å². The molecule has 3 rings (SSSR count). The highest BCUT2D eigenvalue weighted by molar-refractivity contribution is 8.14. The number of thioether (sulfide) groups is 1. The molecule has 1 aliphatic heterocycles. The number of carbonyl (C=O) groups is 1. The first-order valence-electron chi connectivity index (χ1n) is 7.99. The van der Waals surface area contributed by atoms with Gasteiger partial charge in [-0.1, -0.05) is 30.8 Å². The zero-order valence-corrected chi connectivity index (χ0v) is 15.6.